The maximum absolute atomic E-state index is 11.2. The average Bonchev–Trinajstić information content (AvgIpc) is 2.80. The lowest BCUT2D eigenvalue weighted by Gasteiger charge is -2.25. The van der Waals surface area contributed by atoms with Crippen molar-refractivity contribution in [2.24, 2.45) is 0 Å². The van der Waals surface area contributed by atoms with Crippen molar-refractivity contribution in [2.75, 3.05) is 13.6 Å². The number of hydrogen-bond acceptors (Lipinski definition) is 3. The monoisotopic (exact) mass is 262 g/mol. The Labute approximate surface area is 114 Å². The fourth-order valence-corrected chi connectivity index (χ4v) is 2.56. The summed E-state index contributed by atoms with van der Waals surface area (Å²) in [6, 6.07) is 8.49. The van der Waals surface area contributed by atoms with E-state index in [9.17, 15) is 9.90 Å². The van der Waals surface area contributed by atoms with Gasteiger partial charge in [-0.25, -0.2) is 0 Å². The summed E-state index contributed by atoms with van der Waals surface area (Å²) in [5.74, 6) is -0.778. The molecule has 1 aromatic rings. The summed E-state index contributed by atoms with van der Waals surface area (Å²) < 4.78 is 0. The standard InChI is InChI=1S/C15H22N2O2/c1-15(16-2,14(18)19)8-5-9-17-10-12-6-3-4-7-13(12)11-17/h3-4,6-7,16H,5,8-11H2,1-2H3,(H,18,19). The summed E-state index contributed by atoms with van der Waals surface area (Å²) in [6.45, 7) is 4.66. The number of hydrogen-bond donors (Lipinski definition) is 2. The number of rotatable bonds is 6. The van der Waals surface area contributed by atoms with Crippen molar-refractivity contribution in [1.82, 2.24) is 10.2 Å². The van der Waals surface area contributed by atoms with Crippen molar-refractivity contribution in [3.05, 3.63) is 35.4 Å². The van der Waals surface area contributed by atoms with Gasteiger partial charge in [-0.1, -0.05) is 24.3 Å². The first-order valence-corrected chi connectivity index (χ1v) is 6.76. The Balaban J connectivity index is 1.81. The summed E-state index contributed by atoms with van der Waals surface area (Å²) in [5, 5.41) is 12.1. The Hall–Kier alpha value is -1.39. The Morgan fingerprint density at radius 1 is 1.37 bits per heavy atom. The Morgan fingerprint density at radius 2 is 1.95 bits per heavy atom. The van der Waals surface area contributed by atoms with Crippen LogP contribution >= 0.6 is 0 Å². The topological polar surface area (TPSA) is 52.6 Å². The molecule has 1 atom stereocenters. The SMILES string of the molecule is CNC(C)(CCCN1Cc2ccccc2C1)C(=O)O. The molecule has 0 bridgehead atoms. The molecule has 4 nitrogen and oxygen atoms in total. The number of nitrogens with one attached hydrogen (secondary N) is 1. The van der Waals surface area contributed by atoms with E-state index in [1.54, 1.807) is 14.0 Å². The second kappa shape index (κ2) is 5.72. The van der Waals surface area contributed by atoms with Crippen LogP contribution in [0.1, 0.15) is 30.9 Å². The zero-order valence-corrected chi connectivity index (χ0v) is 11.6. The van der Waals surface area contributed by atoms with Crippen molar-refractivity contribution in [1.29, 1.82) is 0 Å². The first-order valence-electron chi connectivity index (χ1n) is 6.76. The highest BCUT2D eigenvalue weighted by atomic mass is 16.4. The molecular weight excluding hydrogens is 240 g/mol. The molecule has 2 N–H and O–H groups in total. The molecule has 0 aromatic heterocycles. The van der Waals surface area contributed by atoms with Gasteiger partial charge >= 0.3 is 5.97 Å². The van der Waals surface area contributed by atoms with Crippen molar-refractivity contribution in [3.8, 4) is 0 Å². The van der Waals surface area contributed by atoms with Crippen LogP contribution in [0.15, 0.2) is 24.3 Å². The molecule has 4 heteroatoms. The quantitative estimate of drug-likeness (QED) is 0.821. The molecular formula is C15H22N2O2. The lowest BCUT2D eigenvalue weighted by atomic mass is 9.96. The molecule has 1 aromatic carbocycles. The largest absolute Gasteiger partial charge is 0.480 e. The minimum Gasteiger partial charge on any atom is -0.480 e. The Morgan fingerprint density at radius 3 is 2.42 bits per heavy atom. The summed E-state index contributed by atoms with van der Waals surface area (Å²) in [5.41, 5.74) is 1.99. The average molecular weight is 262 g/mol. The van der Waals surface area contributed by atoms with E-state index < -0.39 is 11.5 Å². The van der Waals surface area contributed by atoms with Crippen molar-refractivity contribution >= 4 is 5.97 Å². The lowest BCUT2D eigenvalue weighted by molar-refractivity contribution is -0.144. The first kappa shape index (κ1) is 14.0. The molecule has 1 aliphatic heterocycles. The fourth-order valence-electron chi connectivity index (χ4n) is 2.56. The summed E-state index contributed by atoms with van der Waals surface area (Å²) in [4.78, 5) is 13.6. The highest BCUT2D eigenvalue weighted by molar-refractivity contribution is 5.78. The van der Waals surface area contributed by atoms with E-state index in [0.717, 1.165) is 26.1 Å². The predicted molar refractivity (Wildman–Crippen MR) is 74.9 cm³/mol. The minimum atomic E-state index is -0.813. The highest BCUT2D eigenvalue weighted by Crippen LogP contribution is 2.23. The van der Waals surface area contributed by atoms with Crippen molar-refractivity contribution in [2.45, 2.75) is 38.4 Å². The third-order valence-corrected chi connectivity index (χ3v) is 4.08. The van der Waals surface area contributed by atoms with Gasteiger partial charge in [0.05, 0.1) is 0 Å². The number of fused-ring (bicyclic) bond motifs is 1. The molecule has 1 unspecified atom stereocenters. The normalized spacial score (nSPS) is 18.0. The van der Waals surface area contributed by atoms with Crippen LogP contribution < -0.4 is 5.32 Å². The maximum atomic E-state index is 11.2. The van der Waals surface area contributed by atoms with Crippen LogP contribution in [0.4, 0.5) is 0 Å². The van der Waals surface area contributed by atoms with Crippen molar-refractivity contribution < 1.29 is 9.90 Å². The van der Waals surface area contributed by atoms with Gasteiger partial charge in [0.2, 0.25) is 0 Å². The van der Waals surface area contributed by atoms with Crippen LogP contribution in [0.2, 0.25) is 0 Å². The first-order chi connectivity index (χ1) is 9.05. The zero-order valence-electron chi connectivity index (χ0n) is 11.6. The second-order valence-corrected chi connectivity index (χ2v) is 5.47. The van der Waals surface area contributed by atoms with E-state index >= 15 is 0 Å². The summed E-state index contributed by atoms with van der Waals surface area (Å²) in [6.07, 6.45) is 1.53. The molecule has 0 saturated carbocycles. The van der Waals surface area contributed by atoms with E-state index in [-0.39, 0.29) is 0 Å². The van der Waals surface area contributed by atoms with E-state index in [0.29, 0.717) is 6.42 Å². The van der Waals surface area contributed by atoms with Gasteiger partial charge in [0.15, 0.2) is 0 Å². The molecule has 0 spiro atoms. The van der Waals surface area contributed by atoms with Gasteiger partial charge < -0.3 is 10.4 Å². The van der Waals surface area contributed by atoms with Gasteiger partial charge in [-0.15, -0.1) is 0 Å². The van der Waals surface area contributed by atoms with E-state index in [4.69, 9.17) is 0 Å². The van der Waals surface area contributed by atoms with E-state index in [2.05, 4.69) is 34.5 Å². The van der Waals surface area contributed by atoms with Crippen LogP contribution in [-0.2, 0) is 17.9 Å². The highest BCUT2D eigenvalue weighted by Gasteiger charge is 2.30. The molecule has 2 rings (SSSR count). The molecule has 0 aliphatic carbocycles. The fraction of sp³-hybridized carbons (Fsp3) is 0.533. The molecule has 0 fully saturated rings. The maximum Gasteiger partial charge on any atom is 0.323 e. The smallest absolute Gasteiger partial charge is 0.323 e. The third-order valence-electron chi connectivity index (χ3n) is 4.08. The number of benzene rings is 1. The minimum absolute atomic E-state index is 0.645. The van der Waals surface area contributed by atoms with E-state index in [1.165, 1.54) is 11.1 Å². The number of likely N-dealkylation sites (N-methyl/N-ethyl adjacent to an activating group) is 1. The molecule has 1 heterocycles. The van der Waals surface area contributed by atoms with Gasteiger partial charge in [0, 0.05) is 13.1 Å². The number of carboxylic acid groups (broad SMARTS) is 1. The number of aliphatic carboxylic acids is 1. The van der Waals surface area contributed by atoms with E-state index in [1.807, 2.05) is 0 Å². The van der Waals surface area contributed by atoms with Crippen LogP contribution in [-0.4, -0.2) is 35.1 Å². The van der Waals surface area contributed by atoms with Gasteiger partial charge in [-0.3, -0.25) is 9.69 Å². The zero-order chi connectivity index (χ0) is 13.9. The number of nitrogens with zero attached hydrogens (tertiary/aromatic N) is 1. The summed E-state index contributed by atoms with van der Waals surface area (Å²) in [7, 11) is 1.71. The van der Waals surface area contributed by atoms with Crippen LogP contribution in [0.25, 0.3) is 0 Å². The van der Waals surface area contributed by atoms with Gasteiger partial charge in [0.25, 0.3) is 0 Å². The van der Waals surface area contributed by atoms with Crippen LogP contribution in [0, 0.1) is 0 Å². The van der Waals surface area contributed by atoms with Crippen molar-refractivity contribution in [3.63, 3.8) is 0 Å². The van der Waals surface area contributed by atoms with Gasteiger partial charge in [-0.2, -0.15) is 0 Å². The Kier molecular flexibility index (Phi) is 4.22. The molecule has 1 aliphatic rings. The number of carbonyl (C=O) groups is 1. The number of carboxylic acids is 1. The second-order valence-electron chi connectivity index (χ2n) is 5.47. The van der Waals surface area contributed by atoms with Gasteiger partial charge in [-0.05, 0) is 44.5 Å². The van der Waals surface area contributed by atoms with Crippen LogP contribution in [0.3, 0.4) is 0 Å². The molecule has 19 heavy (non-hydrogen) atoms. The molecule has 0 amide bonds. The van der Waals surface area contributed by atoms with Gasteiger partial charge in [0.1, 0.15) is 5.54 Å². The Bertz CT molecular complexity index is 436. The molecule has 0 saturated heterocycles. The predicted octanol–water partition coefficient (Wildman–Crippen LogP) is 1.85. The van der Waals surface area contributed by atoms with Crippen LogP contribution in [0.5, 0.6) is 0 Å². The third kappa shape index (κ3) is 3.14. The summed E-state index contributed by atoms with van der Waals surface area (Å²) >= 11 is 0. The lowest BCUT2D eigenvalue weighted by Crippen LogP contribution is -2.47. The molecule has 104 valence electrons. The molecule has 0 radical (unpaired) electrons.